The van der Waals surface area contributed by atoms with Crippen molar-refractivity contribution in [3.8, 4) is 11.5 Å². The molecule has 0 radical (unpaired) electrons. The number of anilines is 1. The largest absolute Gasteiger partial charge is 0.419 e. The summed E-state index contributed by atoms with van der Waals surface area (Å²) in [5, 5.41) is 9.73. The van der Waals surface area contributed by atoms with Crippen LogP contribution in [0.15, 0.2) is 52.9 Å². The Kier molecular flexibility index (Phi) is 5.11. The van der Waals surface area contributed by atoms with Crippen LogP contribution in [0.2, 0.25) is 10.0 Å². The van der Waals surface area contributed by atoms with E-state index < -0.39 is 0 Å². The lowest BCUT2D eigenvalue weighted by molar-refractivity contribution is 0.227. The maximum Gasteiger partial charge on any atom is 0.247 e. The van der Waals surface area contributed by atoms with Gasteiger partial charge in [0, 0.05) is 47.5 Å². The molecule has 0 bridgehead atoms. The lowest BCUT2D eigenvalue weighted by atomic mass is 10.2. The van der Waals surface area contributed by atoms with Gasteiger partial charge in [0.05, 0.1) is 6.54 Å². The van der Waals surface area contributed by atoms with E-state index in [-0.39, 0.29) is 0 Å². The predicted molar refractivity (Wildman–Crippen MR) is 104 cm³/mol. The smallest absolute Gasteiger partial charge is 0.247 e. The first-order valence-electron chi connectivity index (χ1n) is 8.48. The van der Waals surface area contributed by atoms with Gasteiger partial charge in [0.1, 0.15) is 0 Å². The van der Waals surface area contributed by atoms with Crippen molar-refractivity contribution in [1.29, 1.82) is 0 Å². The van der Waals surface area contributed by atoms with E-state index in [1.54, 1.807) is 0 Å². The Hall–Kier alpha value is -2.08. The standard InChI is InChI=1S/C19H18Cl2N4O/c20-15-4-1-3-14(11-15)19-23-22-18(26-19)13-24-7-9-25(10-8-24)17-6-2-5-16(21)12-17/h1-6,11-12H,7-10,13H2. The van der Waals surface area contributed by atoms with Crippen molar-refractivity contribution in [3.63, 3.8) is 0 Å². The van der Waals surface area contributed by atoms with Crippen molar-refractivity contribution in [1.82, 2.24) is 15.1 Å². The SMILES string of the molecule is Clc1cccc(-c2nnc(CN3CCN(c4cccc(Cl)c4)CC3)o2)c1. The minimum Gasteiger partial charge on any atom is -0.419 e. The highest BCUT2D eigenvalue weighted by molar-refractivity contribution is 6.31. The van der Waals surface area contributed by atoms with Crippen LogP contribution in [0.25, 0.3) is 11.5 Å². The maximum absolute atomic E-state index is 6.09. The number of piperazine rings is 1. The molecular weight excluding hydrogens is 371 g/mol. The molecule has 134 valence electrons. The number of rotatable bonds is 4. The molecule has 3 aromatic rings. The van der Waals surface area contributed by atoms with Gasteiger partial charge in [-0.1, -0.05) is 35.3 Å². The first kappa shape index (κ1) is 17.3. The van der Waals surface area contributed by atoms with Gasteiger partial charge >= 0.3 is 0 Å². The Bertz CT molecular complexity index is 891. The minimum absolute atomic E-state index is 0.500. The third-order valence-corrected chi connectivity index (χ3v) is 4.91. The molecule has 1 saturated heterocycles. The van der Waals surface area contributed by atoms with Gasteiger partial charge in [-0.05, 0) is 36.4 Å². The molecule has 5 nitrogen and oxygen atoms in total. The summed E-state index contributed by atoms with van der Waals surface area (Å²) < 4.78 is 5.80. The maximum atomic E-state index is 6.09. The lowest BCUT2D eigenvalue weighted by Gasteiger charge is -2.35. The van der Waals surface area contributed by atoms with Crippen molar-refractivity contribution < 1.29 is 4.42 Å². The molecule has 1 aliphatic rings. The van der Waals surface area contributed by atoms with Gasteiger partial charge in [0.15, 0.2) is 0 Å². The monoisotopic (exact) mass is 388 g/mol. The van der Waals surface area contributed by atoms with Gasteiger partial charge in [0.2, 0.25) is 11.8 Å². The van der Waals surface area contributed by atoms with Crippen molar-refractivity contribution in [2.75, 3.05) is 31.1 Å². The Morgan fingerprint density at radius 2 is 1.62 bits per heavy atom. The van der Waals surface area contributed by atoms with E-state index in [9.17, 15) is 0 Å². The molecule has 0 atom stereocenters. The highest BCUT2D eigenvalue weighted by Crippen LogP contribution is 2.23. The zero-order valence-corrected chi connectivity index (χ0v) is 15.6. The normalized spacial score (nSPS) is 15.4. The van der Waals surface area contributed by atoms with Crippen LogP contribution in [0.1, 0.15) is 5.89 Å². The summed E-state index contributed by atoms with van der Waals surface area (Å²) in [6.45, 7) is 4.39. The lowest BCUT2D eigenvalue weighted by Crippen LogP contribution is -2.46. The summed E-state index contributed by atoms with van der Waals surface area (Å²) in [4.78, 5) is 4.66. The van der Waals surface area contributed by atoms with E-state index in [2.05, 4.69) is 26.1 Å². The van der Waals surface area contributed by atoms with E-state index in [1.165, 1.54) is 0 Å². The Morgan fingerprint density at radius 3 is 2.35 bits per heavy atom. The zero-order chi connectivity index (χ0) is 17.9. The van der Waals surface area contributed by atoms with Crippen molar-refractivity contribution in [3.05, 3.63) is 64.5 Å². The zero-order valence-electron chi connectivity index (χ0n) is 14.1. The fourth-order valence-corrected chi connectivity index (χ4v) is 3.46. The molecule has 2 aromatic carbocycles. The topological polar surface area (TPSA) is 45.4 Å². The van der Waals surface area contributed by atoms with Crippen LogP contribution in [0.3, 0.4) is 0 Å². The van der Waals surface area contributed by atoms with Crippen LogP contribution in [0.5, 0.6) is 0 Å². The van der Waals surface area contributed by atoms with Gasteiger partial charge in [0.25, 0.3) is 0 Å². The third kappa shape index (κ3) is 4.01. The van der Waals surface area contributed by atoms with E-state index in [1.807, 2.05) is 42.5 Å². The van der Waals surface area contributed by atoms with Gasteiger partial charge in [-0.2, -0.15) is 0 Å². The van der Waals surface area contributed by atoms with Crippen LogP contribution < -0.4 is 4.90 Å². The molecule has 0 amide bonds. The van der Waals surface area contributed by atoms with Crippen molar-refractivity contribution >= 4 is 28.9 Å². The predicted octanol–water partition coefficient (Wildman–Crippen LogP) is 4.37. The molecule has 1 aliphatic heterocycles. The van der Waals surface area contributed by atoms with E-state index in [0.29, 0.717) is 23.3 Å². The van der Waals surface area contributed by atoms with Gasteiger partial charge < -0.3 is 9.32 Å². The van der Waals surface area contributed by atoms with Crippen molar-refractivity contribution in [2.24, 2.45) is 0 Å². The number of hydrogen-bond donors (Lipinski definition) is 0. The number of benzene rings is 2. The highest BCUT2D eigenvalue weighted by Gasteiger charge is 2.20. The number of hydrogen-bond acceptors (Lipinski definition) is 5. The van der Waals surface area contributed by atoms with Crippen molar-refractivity contribution in [2.45, 2.75) is 6.54 Å². The number of halogens is 2. The average molecular weight is 389 g/mol. The van der Waals surface area contributed by atoms with Crippen LogP contribution in [-0.4, -0.2) is 41.3 Å². The molecule has 0 unspecified atom stereocenters. The molecule has 4 rings (SSSR count). The molecule has 1 fully saturated rings. The highest BCUT2D eigenvalue weighted by atomic mass is 35.5. The fourth-order valence-electron chi connectivity index (χ4n) is 3.08. The molecule has 7 heteroatoms. The van der Waals surface area contributed by atoms with Crippen LogP contribution in [0, 0.1) is 0 Å². The van der Waals surface area contributed by atoms with E-state index >= 15 is 0 Å². The second kappa shape index (κ2) is 7.66. The Labute approximate surface area is 162 Å². The Balaban J connectivity index is 1.36. The molecule has 0 N–H and O–H groups in total. The fraction of sp³-hybridized carbons (Fsp3) is 0.263. The van der Waals surface area contributed by atoms with Crippen LogP contribution in [-0.2, 0) is 6.54 Å². The summed E-state index contributed by atoms with van der Waals surface area (Å²) in [6.07, 6.45) is 0. The third-order valence-electron chi connectivity index (χ3n) is 4.44. The van der Waals surface area contributed by atoms with Gasteiger partial charge in [-0.3, -0.25) is 4.90 Å². The number of nitrogens with zero attached hydrogens (tertiary/aromatic N) is 4. The quantitative estimate of drug-likeness (QED) is 0.663. The van der Waals surface area contributed by atoms with Gasteiger partial charge in [-0.15, -0.1) is 10.2 Å². The Morgan fingerprint density at radius 1 is 0.885 bits per heavy atom. The first-order valence-corrected chi connectivity index (χ1v) is 9.24. The van der Waals surface area contributed by atoms with Crippen LogP contribution in [0.4, 0.5) is 5.69 Å². The summed E-state index contributed by atoms with van der Waals surface area (Å²) in [7, 11) is 0. The van der Waals surface area contributed by atoms with E-state index in [0.717, 1.165) is 42.5 Å². The summed E-state index contributed by atoms with van der Waals surface area (Å²) in [6, 6.07) is 15.4. The first-order chi connectivity index (χ1) is 12.7. The van der Waals surface area contributed by atoms with E-state index in [4.69, 9.17) is 27.6 Å². The molecular formula is C19H18Cl2N4O. The molecule has 0 spiro atoms. The summed E-state index contributed by atoms with van der Waals surface area (Å²) in [5.41, 5.74) is 2.00. The molecule has 0 aliphatic carbocycles. The molecule has 0 saturated carbocycles. The molecule has 2 heterocycles. The molecule has 26 heavy (non-hydrogen) atoms. The minimum atomic E-state index is 0.500. The number of aromatic nitrogens is 2. The second-order valence-corrected chi connectivity index (χ2v) is 7.13. The second-order valence-electron chi connectivity index (χ2n) is 6.25. The van der Waals surface area contributed by atoms with Gasteiger partial charge in [-0.25, -0.2) is 0 Å². The summed E-state index contributed by atoms with van der Waals surface area (Å²) in [5.74, 6) is 1.12. The summed E-state index contributed by atoms with van der Waals surface area (Å²) >= 11 is 12.1. The molecule has 1 aromatic heterocycles. The average Bonchev–Trinajstić information content (AvgIpc) is 3.11. The van der Waals surface area contributed by atoms with Crippen LogP contribution >= 0.6 is 23.2 Å².